The van der Waals surface area contributed by atoms with E-state index in [1.54, 1.807) is 34.4 Å². The average molecular weight is 480 g/mol. The molecule has 32 heavy (non-hydrogen) atoms. The zero-order valence-corrected chi connectivity index (χ0v) is 19.7. The summed E-state index contributed by atoms with van der Waals surface area (Å²) in [5.41, 5.74) is 4.44. The molecule has 162 valence electrons. The van der Waals surface area contributed by atoms with Crippen molar-refractivity contribution >= 4 is 45.3 Å². The third kappa shape index (κ3) is 3.90. The molecule has 0 spiro atoms. The zero-order valence-electron chi connectivity index (χ0n) is 17.2. The van der Waals surface area contributed by atoms with Crippen LogP contribution in [-0.4, -0.2) is 37.4 Å². The molecule has 9 heteroatoms. The third-order valence-corrected chi connectivity index (χ3v) is 8.25. The van der Waals surface area contributed by atoms with Crippen LogP contribution >= 0.6 is 34.4 Å². The van der Waals surface area contributed by atoms with E-state index in [0.717, 1.165) is 69.9 Å². The molecule has 5 aromatic rings. The van der Waals surface area contributed by atoms with Crippen molar-refractivity contribution in [2.24, 2.45) is 0 Å². The number of benzene rings is 1. The van der Waals surface area contributed by atoms with Gasteiger partial charge >= 0.3 is 0 Å². The van der Waals surface area contributed by atoms with Gasteiger partial charge in [0, 0.05) is 51.3 Å². The molecule has 6 rings (SSSR count). The molecule has 1 N–H and O–H groups in total. The molecule has 0 bridgehead atoms. The molecule has 1 fully saturated rings. The summed E-state index contributed by atoms with van der Waals surface area (Å²) in [6, 6.07) is 10.4. The molecule has 0 aliphatic carbocycles. The van der Waals surface area contributed by atoms with E-state index in [4.69, 9.17) is 9.72 Å². The number of hydrogen-bond acceptors (Lipinski definition) is 7. The van der Waals surface area contributed by atoms with Crippen LogP contribution < -0.4 is 0 Å². The quantitative estimate of drug-likeness (QED) is 0.286. The van der Waals surface area contributed by atoms with Crippen LogP contribution in [0, 0.1) is 0 Å². The number of fused-ring (bicyclic) bond motifs is 1. The lowest BCUT2D eigenvalue weighted by atomic mass is 10.1. The minimum absolute atomic E-state index is 0.207. The van der Waals surface area contributed by atoms with Crippen molar-refractivity contribution < 1.29 is 4.74 Å². The Bertz CT molecular complexity index is 1330. The fraction of sp³-hybridized carbons (Fsp3) is 0.261. The lowest BCUT2D eigenvalue weighted by molar-refractivity contribution is 0.0953. The number of thiazole rings is 1. The number of thiophene rings is 1. The van der Waals surface area contributed by atoms with Crippen LogP contribution in [0.1, 0.15) is 18.5 Å². The lowest BCUT2D eigenvalue weighted by Gasteiger charge is -2.14. The van der Waals surface area contributed by atoms with Gasteiger partial charge in [-0.15, -0.1) is 21.5 Å². The first-order valence-corrected chi connectivity index (χ1v) is 13.4. The first-order valence-electron chi connectivity index (χ1n) is 10.6. The summed E-state index contributed by atoms with van der Waals surface area (Å²) < 4.78 is 8.17. The molecule has 0 radical (unpaired) electrons. The molecule has 1 atom stereocenters. The van der Waals surface area contributed by atoms with E-state index in [9.17, 15) is 0 Å². The van der Waals surface area contributed by atoms with Gasteiger partial charge in [0.2, 0.25) is 0 Å². The topological polar surface area (TPSA) is 68.6 Å². The number of para-hydroxylation sites is 1. The molecule has 0 amide bonds. The van der Waals surface area contributed by atoms with Gasteiger partial charge in [-0.1, -0.05) is 30.0 Å². The number of aromatic amines is 1. The smallest absolute Gasteiger partial charge is 0.191 e. The van der Waals surface area contributed by atoms with Crippen molar-refractivity contribution in [3.05, 3.63) is 58.4 Å². The van der Waals surface area contributed by atoms with Crippen molar-refractivity contribution in [3.8, 4) is 22.0 Å². The highest BCUT2D eigenvalue weighted by atomic mass is 32.2. The van der Waals surface area contributed by atoms with Crippen LogP contribution in [0.4, 0.5) is 0 Å². The Morgan fingerprint density at radius 3 is 3.03 bits per heavy atom. The number of nitrogens with one attached hydrogen (secondary N) is 1. The molecular formula is C23H21N5OS3. The Kier molecular flexibility index (Phi) is 5.56. The van der Waals surface area contributed by atoms with Gasteiger partial charge in [-0.3, -0.25) is 4.57 Å². The highest BCUT2D eigenvalue weighted by Crippen LogP contribution is 2.33. The van der Waals surface area contributed by atoms with Crippen molar-refractivity contribution in [2.75, 3.05) is 6.61 Å². The largest absolute Gasteiger partial charge is 0.376 e. The second kappa shape index (κ2) is 8.82. The van der Waals surface area contributed by atoms with Crippen LogP contribution in [0.3, 0.4) is 0 Å². The maximum Gasteiger partial charge on any atom is 0.191 e. The molecule has 1 saturated heterocycles. The van der Waals surface area contributed by atoms with Gasteiger partial charge < -0.3 is 9.72 Å². The summed E-state index contributed by atoms with van der Waals surface area (Å²) in [5, 5.41) is 18.7. The van der Waals surface area contributed by atoms with Crippen LogP contribution in [0.15, 0.2) is 57.8 Å². The number of ether oxygens (including phenoxy) is 1. The second-order valence-corrected chi connectivity index (χ2v) is 10.3. The first kappa shape index (κ1) is 20.2. The Balaban J connectivity index is 1.30. The van der Waals surface area contributed by atoms with Gasteiger partial charge in [-0.2, -0.15) is 11.3 Å². The fourth-order valence-corrected chi connectivity index (χ4v) is 6.52. The normalized spacial score (nSPS) is 16.3. The molecule has 4 aromatic heterocycles. The summed E-state index contributed by atoms with van der Waals surface area (Å²) in [4.78, 5) is 8.18. The third-order valence-electron chi connectivity index (χ3n) is 5.63. The summed E-state index contributed by atoms with van der Waals surface area (Å²) in [6.07, 6.45) is 4.43. The van der Waals surface area contributed by atoms with Gasteiger partial charge in [-0.25, -0.2) is 4.98 Å². The van der Waals surface area contributed by atoms with E-state index >= 15 is 0 Å². The Hall–Kier alpha value is -2.46. The molecule has 1 aromatic carbocycles. The van der Waals surface area contributed by atoms with Crippen LogP contribution in [-0.2, 0) is 17.0 Å². The van der Waals surface area contributed by atoms with Gasteiger partial charge in [0.1, 0.15) is 5.01 Å². The van der Waals surface area contributed by atoms with E-state index in [1.165, 1.54) is 5.56 Å². The Labute approximate surface area is 197 Å². The van der Waals surface area contributed by atoms with Crippen LogP contribution in [0.2, 0.25) is 0 Å². The lowest BCUT2D eigenvalue weighted by Crippen LogP contribution is -2.16. The number of rotatable bonds is 7. The van der Waals surface area contributed by atoms with Crippen LogP contribution in [0.25, 0.3) is 32.9 Å². The number of thioether (sulfide) groups is 1. The SMILES string of the molecule is c1ccc2c(-c3nnc(SCc4csc(-c5ccsc5)n4)n3CC3CCCO3)c[nH]c2c1. The number of hydrogen-bond donors (Lipinski definition) is 1. The first-order chi connectivity index (χ1) is 15.8. The zero-order chi connectivity index (χ0) is 21.3. The molecule has 1 aliphatic heterocycles. The van der Waals surface area contributed by atoms with Crippen molar-refractivity contribution in [1.82, 2.24) is 24.7 Å². The highest BCUT2D eigenvalue weighted by molar-refractivity contribution is 7.98. The summed E-state index contributed by atoms with van der Waals surface area (Å²) in [5.74, 6) is 1.65. The number of nitrogens with zero attached hydrogens (tertiary/aromatic N) is 4. The minimum atomic E-state index is 0.207. The van der Waals surface area contributed by atoms with E-state index < -0.39 is 0 Å². The van der Waals surface area contributed by atoms with Gasteiger partial charge in [0.25, 0.3) is 0 Å². The van der Waals surface area contributed by atoms with Crippen molar-refractivity contribution in [2.45, 2.75) is 36.4 Å². The predicted octanol–water partition coefficient (Wildman–Crippen LogP) is 6.08. The fourth-order valence-electron chi connectivity index (χ4n) is 4.04. The van der Waals surface area contributed by atoms with Crippen molar-refractivity contribution in [3.63, 3.8) is 0 Å². The molecule has 1 aliphatic rings. The van der Waals surface area contributed by atoms with E-state index in [-0.39, 0.29) is 6.10 Å². The second-order valence-electron chi connectivity index (χ2n) is 7.74. The Morgan fingerprint density at radius 2 is 2.16 bits per heavy atom. The van der Waals surface area contributed by atoms with E-state index in [2.05, 4.69) is 60.2 Å². The highest BCUT2D eigenvalue weighted by Gasteiger charge is 2.23. The summed E-state index contributed by atoms with van der Waals surface area (Å²) in [6.45, 7) is 1.60. The van der Waals surface area contributed by atoms with E-state index in [0.29, 0.717) is 0 Å². The molecule has 1 unspecified atom stereocenters. The number of aromatic nitrogens is 5. The minimum Gasteiger partial charge on any atom is -0.376 e. The monoisotopic (exact) mass is 479 g/mol. The number of H-pyrrole nitrogens is 1. The standard InChI is InChI=1S/C23H21N5OS3/c1-2-6-20-18(5-1)19(10-24-20)21-26-27-23(28(21)11-17-4-3-8-29-17)32-14-16-13-31-22(25-16)15-7-9-30-12-15/h1-2,5-7,9-10,12-13,17,24H,3-4,8,11,14H2. The summed E-state index contributed by atoms with van der Waals surface area (Å²) >= 11 is 5.08. The molecule has 5 heterocycles. The maximum absolute atomic E-state index is 5.95. The van der Waals surface area contributed by atoms with Crippen molar-refractivity contribution in [1.29, 1.82) is 0 Å². The predicted molar refractivity (Wildman–Crippen MR) is 131 cm³/mol. The molecule has 0 saturated carbocycles. The van der Waals surface area contributed by atoms with Gasteiger partial charge in [-0.05, 0) is 30.4 Å². The summed E-state index contributed by atoms with van der Waals surface area (Å²) in [7, 11) is 0. The molecule has 6 nitrogen and oxygen atoms in total. The van der Waals surface area contributed by atoms with Gasteiger partial charge in [0.15, 0.2) is 11.0 Å². The maximum atomic E-state index is 5.95. The molecular weight excluding hydrogens is 458 g/mol. The Morgan fingerprint density at radius 1 is 1.19 bits per heavy atom. The van der Waals surface area contributed by atoms with Crippen LogP contribution in [0.5, 0.6) is 0 Å². The van der Waals surface area contributed by atoms with Gasteiger partial charge in [0.05, 0.1) is 18.3 Å². The average Bonchev–Trinajstić information content (AvgIpc) is 3.64. The van der Waals surface area contributed by atoms with E-state index in [1.807, 2.05) is 12.3 Å².